The van der Waals surface area contributed by atoms with E-state index in [9.17, 15) is 28.1 Å². The van der Waals surface area contributed by atoms with Crippen molar-refractivity contribution >= 4 is 11.6 Å². The highest BCUT2D eigenvalue weighted by Crippen LogP contribution is 2.35. The first-order valence-corrected chi connectivity index (χ1v) is 9.81. The van der Waals surface area contributed by atoms with Crippen LogP contribution in [0.1, 0.15) is 23.7 Å². The lowest BCUT2D eigenvalue weighted by Crippen LogP contribution is -2.49. The highest BCUT2D eigenvalue weighted by molar-refractivity contribution is 5.99. The summed E-state index contributed by atoms with van der Waals surface area (Å²) in [7, 11) is 1.36. The number of alkyl halides is 3. The number of halogens is 3. The van der Waals surface area contributed by atoms with Crippen molar-refractivity contribution in [3.05, 3.63) is 27.8 Å². The Hall–Kier alpha value is -2.60. The predicted molar refractivity (Wildman–Crippen MR) is 105 cm³/mol. The smallest absolute Gasteiger partial charge is 0.411 e. The van der Waals surface area contributed by atoms with Crippen LogP contribution in [0.2, 0.25) is 0 Å². The molecule has 2 rings (SSSR count). The third-order valence-corrected chi connectivity index (χ3v) is 4.70. The summed E-state index contributed by atoms with van der Waals surface area (Å²) in [6.07, 6.45) is -3.90. The number of nitrogens with zero attached hydrogens (tertiary/aromatic N) is 3. The number of hydrogen-bond acceptors (Lipinski definition) is 7. The van der Waals surface area contributed by atoms with Gasteiger partial charge in [-0.15, -0.1) is 0 Å². The SMILES string of the molecule is CCOc1cc(C(=O)N2CCN(CCCOCC(F)(F)F)CC2)c([N+](=O)[O-])cc1OC. The van der Waals surface area contributed by atoms with Gasteiger partial charge in [0.05, 0.1) is 24.7 Å². The topological polar surface area (TPSA) is 94.4 Å². The number of benzene rings is 1. The van der Waals surface area contributed by atoms with Crippen molar-refractivity contribution in [3.8, 4) is 11.5 Å². The molecule has 0 aliphatic carbocycles. The van der Waals surface area contributed by atoms with E-state index in [4.69, 9.17) is 9.47 Å². The molecule has 1 aliphatic rings. The molecule has 1 amide bonds. The molecule has 12 heteroatoms. The summed E-state index contributed by atoms with van der Waals surface area (Å²) in [6, 6.07) is 2.50. The summed E-state index contributed by atoms with van der Waals surface area (Å²) in [4.78, 5) is 27.3. The van der Waals surface area contributed by atoms with E-state index in [1.165, 1.54) is 24.1 Å². The first-order chi connectivity index (χ1) is 14.7. The number of carbonyl (C=O) groups excluding carboxylic acids is 1. The van der Waals surface area contributed by atoms with Crippen LogP contribution < -0.4 is 9.47 Å². The van der Waals surface area contributed by atoms with Crippen LogP contribution in [0.4, 0.5) is 18.9 Å². The van der Waals surface area contributed by atoms with E-state index < -0.39 is 23.6 Å². The Kier molecular flexibility index (Phi) is 8.87. The molecular weight excluding hydrogens is 423 g/mol. The summed E-state index contributed by atoms with van der Waals surface area (Å²) in [6.45, 7) is 3.02. The molecule has 0 radical (unpaired) electrons. The average molecular weight is 449 g/mol. The lowest BCUT2D eigenvalue weighted by Gasteiger charge is -2.34. The summed E-state index contributed by atoms with van der Waals surface area (Å²) in [5.41, 5.74) is -0.446. The van der Waals surface area contributed by atoms with Gasteiger partial charge in [0.15, 0.2) is 11.5 Å². The molecule has 31 heavy (non-hydrogen) atoms. The van der Waals surface area contributed by atoms with Gasteiger partial charge in [-0.3, -0.25) is 19.8 Å². The van der Waals surface area contributed by atoms with Crippen molar-refractivity contribution in [2.45, 2.75) is 19.5 Å². The molecule has 0 unspecified atom stereocenters. The summed E-state index contributed by atoms with van der Waals surface area (Å²) >= 11 is 0. The fraction of sp³-hybridized carbons (Fsp3) is 0.632. The first-order valence-electron chi connectivity index (χ1n) is 9.81. The van der Waals surface area contributed by atoms with Gasteiger partial charge in [0, 0.05) is 45.4 Å². The van der Waals surface area contributed by atoms with E-state index in [2.05, 4.69) is 4.74 Å². The third kappa shape index (κ3) is 7.24. The van der Waals surface area contributed by atoms with Crippen LogP contribution in [0.3, 0.4) is 0 Å². The Morgan fingerprint density at radius 1 is 1.19 bits per heavy atom. The first kappa shape index (κ1) is 24.7. The lowest BCUT2D eigenvalue weighted by atomic mass is 10.1. The van der Waals surface area contributed by atoms with Crippen molar-refractivity contribution in [1.29, 1.82) is 0 Å². The normalized spacial score (nSPS) is 15.1. The second kappa shape index (κ2) is 11.1. The molecule has 1 heterocycles. The Bertz CT molecular complexity index is 767. The van der Waals surface area contributed by atoms with Crippen molar-refractivity contribution in [1.82, 2.24) is 9.80 Å². The van der Waals surface area contributed by atoms with Crippen LogP contribution in [-0.4, -0.2) is 86.5 Å². The Labute approximate surface area is 177 Å². The number of methoxy groups -OCH3 is 1. The van der Waals surface area contributed by atoms with E-state index in [0.29, 0.717) is 45.8 Å². The number of carbonyl (C=O) groups is 1. The molecule has 1 aliphatic heterocycles. The fourth-order valence-corrected chi connectivity index (χ4v) is 3.22. The third-order valence-electron chi connectivity index (χ3n) is 4.70. The largest absolute Gasteiger partial charge is 0.493 e. The van der Waals surface area contributed by atoms with Crippen molar-refractivity contribution in [3.63, 3.8) is 0 Å². The monoisotopic (exact) mass is 449 g/mol. The second-order valence-corrected chi connectivity index (χ2v) is 6.87. The average Bonchev–Trinajstić information content (AvgIpc) is 2.72. The zero-order valence-electron chi connectivity index (χ0n) is 17.4. The zero-order valence-corrected chi connectivity index (χ0v) is 17.4. The van der Waals surface area contributed by atoms with Crippen LogP contribution in [-0.2, 0) is 4.74 Å². The molecule has 0 aromatic heterocycles. The number of hydrogen-bond donors (Lipinski definition) is 0. The molecule has 1 aromatic rings. The van der Waals surface area contributed by atoms with Gasteiger partial charge in [-0.05, 0) is 13.3 Å². The number of nitro benzene ring substituents is 1. The van der Waals surface area contributed by atoms with Gasteiger partial charge in [-0.25, -0.2) is 0 Å². The molecule has 0 saturated carbocycles. The number of piperazine rings is 1. The van der Waals surface area contributed by atoms with Crippen LogP contribution in [0.15, 0.2) is 12.1 Å². The van der Waals surface area contributed by atoms with Crippen LogP contribution in [0.25, 0.3) is 0 Å². The number of nitro groups is 1. The van der Waals surface area contributed by atoms with E-state index in [1.807, 2.05) is 4.90 Å². The highest BCUT2D eigenvalue weighted by atomic mass is 19.4. The minimum atomic E-state index is -4.34. The maximum atomic E-state index is 13.0. The Morgan fingerprint density at radius 2 is 1.87 bits per heavy atom. The molecule has 0 N–H and O–H groups in total. The minimum Gasteiger partial charge on any atom is -0.493 e. The minimum absolute atomic E-state index is 0.00307. The van der Waals surface area contributed by atoms with Crippen LogP contribution in [0, 0.1) is 10.1 Å². The molecule has 1 fully saturated rings. The maximum absolute atomic E-state index is 13.0. The van der Waals surface area contributed by atoms with E-state index >= 15 is 0 Å². The van der Waals surface area contributed by atoms with Crippen molar-refractivity contribution in [2.75, 3.05) is 59.7 Å². The molecule has 0 spiro atoms. The lowest BCUT2D eigenvalue weighted by molar-refractivity contribution is -0.385. The van der Waals surface area contributed by atoms with Gasteiger partial charge >= 0.3 is 6.18 Å². The quantitative estimate of drug-likeness (QED) is 0.308. The Morgan fingerprint density at radius 3 is 2.42 bits per heavy atom. The zero-order chi connectivity index (χ0) is 23.0. The second-order valence-electron chi connectivity index (χ2n) is 6.87. The standard InChI is InChI=1S/C19H26F3N3O6/c1-3-31-17-11-14(15(25(27)28)12-16(17)29-2)18(26)24-8-6-23(7-9-24)5-4-10-30-13-19(20,21)22/h11-12H,3-10,13H2,1-2H3. The van der Waals surface area contributed by atoms with Crippen molar-refractivity contribution in [2.24, 2.45) is 0 Å². The molecule has 0 atom stereocenters. The molecule has 174 valence electrons. The van der Waals surface area contributed by atoms with Crippen LogP contribution in [0.5, 0.6) is 11.5 Å². The van der Waals surface area contributed by atoms with E-state index in [-0.39, 0.29) is 29.4 Å². The van der Waals surface area contributed by atoms with E-state index in [0.717, 1.165) is 0 Å². The molecule has 1 saturated heterocycles. The highest BCUT2D eigenvalue weighted by Gasteiger charge is 2.30. The summed E-state index contributed by atoms with van der Waals surface area (Å²) in [5, 5.41) is 11.5. The van der Waals surface area contributed by atoms with Crippen LogP contribution >= 0.6 is 0 Å². The van der Waals surface area contributed by atoms with Gasteiger partial charge in [-0.2, -0.15) is 13.2 Å². The van der Waals surface area contributed by atoms with E-state index in [1.54, 1.807) is 6.92 Å². The van der Waals surface area contributed by atoms with Gasteiger partial charge < -0.3 is 19.1 Å². The fourth-order valence-electron chi connectivity index (χ4n) is 3.22. The number of ether oxygens (including phenoxy) is 3. The van der Waals surface area contributed by atoms with Gasteiger partial charge in [0.25, 0.3) is 11.6 Å². The molecule has 1 aromatic carbocycles. The van der Waals surface area contributed by atoms with Gasteiger partial charge in [0.1, 0.15) is 12.2 Å². The summed E-state index contributed by atoms with van der Waals surface area (Å²) < 4.78 is 51.3. The number of rotatable bonds is 10. The van der Waals surface area contributed by atoms with Crippen molar-refractivity contribution < 1.29 is 37.1 Å². The molecule has 9 nitrogen and oxygen atoms in total. The summed E-state index contributed by atoms with van der Waals surface area (Å²) in [5.74, 6) is -0.0671. The molecular formula is C19H26F3N3O6. The van der Waals surface area contributed by atoms with Gasteiger partial charge in [-0.1, -0.05) is 0 Å². The Balaban J connectivity index is 1.96. The molecule has 0 bridgehead atoms. The predicted octanol–water partition coefficient (Wildman–Crippen LogP) is 2.73. The maximum Gasteiger partial charge on any atom is 0.411 e. The van der Waals surface area contributed by atoms with Gasteiger partial charge in [0.2, 0.25) is 0 Å². The number of amides is 1.